The zero-order valence-corrected chi connectivity index (χ0v) is 11.9. The lowest BCUT2D eigenvalue weighted by molar-refractivity contribution is 0.123. The number of nitrogens with two attached hydrogens (primary N) is 2. The van der Waals surface area contributed by atoms with Gasteiger partial charge in [-0.3, -0.25) is 4.99 Å². The number of thioether (sulfide) groups is 1. The second-order valence-corrected chi connectivity index (χ2v) is 6.96. The van der Waals surface area contributed by atoms with Gasteiger partial charge in [0.2, 0.25) is 0 Å². The Labute approximate surface area is 122 Å². The van der Waals surface area contributed by atoms with Gasteiger partial charge in [-0.1, -0.05) is 11.8 Å². The van der Waals surface area contributed by atoms with E-state index in [0.29, 0.717) is 0 Å². The molecule has 0 aromatic heterocycles. The number of nitrogen functional groups attached to an aromatic ring is 1. The minimum atomic E-state index is -2.62. The predicted molar refractivity (Wildman–Crippen MR) is 74.2 cm³/mol. The molecule has 0 radical (unpaired) electrons. The zero-order valence-electron chi connectivity index (χ0n) is 11.0. The molecule has 1 aromatic carbocycles. The summed E-state index contributed by atoms with van der Waals surface area (Å²) in [6.07, 6.45) is -2.47. The first-order valence-corrected chi connectivity index (χ1v) is 7.10. The summed E-state index contributed by atoms with van der Waals surface area (Å²) >= 11 is 0.812. The molecule has 3 nitrogen and oxygen atoms in total. The predicted octanol–water partition coefficient (Wildman–Crippen LogP) is 2.85. The van der Waals surface area contributed by atoms with Gasteiger partial charge in [0.05, 0.1) is 10.3 Å². The molecule has 3 atom stereocenters. The van der Waals surface area contributed by atoms with Crippen LogP contribution in [0.5, 0.6) is 0 Å². The largest absolute Gasteiger partial charge is 0.399 e. The fourth-order valence-electron chi connectivity index (χ4n) is 3.08. The Hall–Kier alpha value is -1.44. The van der Waals surface area contributed by atoms with Crippen molar-refractivity contribution in [3.05, 3.63) is 29.3 Å². The van der Waals surface area contributed by atoms with Gasteiger partial charge in [-0.2, -0.15) is 0 Å². The number of aliphatic imine (C=N–C) groups is 1. The van der Waals surface area contributed by atoms with Crippen molar-refractivity contribution < 1.29 is 17.6 Å². The van der Waals surface area contributed by atoms with Crippen LogP contribution in [-0.4, -0.2) is 16.3 Å². The third-order valence-corrected chi connectivity index (χ3v) is 5.54. The van der Waals surface area contributed by atoms with Crippen LogP contribution in [0.4, 0.5) is 23.2 Å². The quantitative estimate of drug-likeness (QED) is 0.651. The fourth-order valence-corrected chi connectivity index (χ4v) is 4.42. The monoisotopic (exact) mass is 319 g/mol. The van der Waals surface area contributed by atoms with E-state index < -0.39 is 34.3 Å². The van der Waals surface area contributed by atoms with Gasteiger partial charge in [0.25, 0.3) is 6.43 Å². The maximum atomic E-state index is 14.1. The standard InChI is InChI=1S/C13H13F4N3S/c1-12(6-2-5(18)3-7(14)9(6)15)8-4-13(8,10(16)17)21-11(19)20-12/h2-3,8,10H,4,18H2,1H3,(H2,19,20)/t8?,12-,13+/m1/s1. The number of fused-ring (bicyclic) bond motifs is 1. The first-order chi connectivity index (χ1) is 9.70. The Kier molecular flexibility index (Phi) is 2.96. The molecule has 1 fully saturated rings. The van der Waals surface area contributed by atoms with Gasteiger partial charge in [-0.05, 0) is 25.5 Å². The summed E-state index contributed by atoms with van der Waals surface area (Å²) in [6, 6.07) is 2.08. The Morgan fingerprint density at radius 1 is 1.33 bits per heavy atom. The molecule has 0 spiro atoms. The van der Waals surface area contributed by atoms with Gasteiger partial charge in [0.1, 0.15) is 0 Å². The molecule has 114 valence electrons. The average molecular weight is 319 g/mol. The van der Waals surface area contributed by atoms with Crippen molar-refractivity contribution in [2.24, 2.45) is 16.6 Å². The highest BCUT2D eigenvalue weighted by Gasteiger charge is 2.71. The molecule has 1 heterocycles. The number of benzene rings is 1. The van der Waals surface area contributed by atoms with E-state index in [1.165, 1.54) is 13.0 Å². The van der Waals surface area contributed by atoms with Crippen LogP contribution in [0.15, 0.2) is 17.1 Å². The molecule has 0 amide bonds. The van der Waals surface area contributed by atoms with Crippen LogP contribution < -0.4 is 11.5 Å². The summed E-state index contributed by atoms with van der Waals surface area (Å²) in [5, 5.41) is -0.0474. The van der Waals surface area contributed by atoms with Crippen molar-refractivity contribution in [1.82, 2.24) is 0 Å². The average Bonchev–Trinajstić information content (AvgIpc) is 3.10. The molecular weight excluding hydrogens is 306 g/mol. The van der Waals surface area contributed by atoms with E-state index in [0.717, 1.165) is 17.8 Å². The normalized spacial score (nSPS) is 34.6. The minimum Gasteiger partial charge on any atom is -0.399 e. The van der Waals surface area contributed by atoms with Crippen LogP contribution in [0.2, 0.25) is 0 Å². The second kappa shape index (κ2) is 4.28. The highest BCUT2D eigenvalue weighted by Crippen LogP contribution is 2.68. The van der Waals surface area contributed by atoms with Crippen molar-refractivity contribution in [2.45, 2.75) is 30.1 Å². The Morgan fingerprint density at radius 2 is 2.00 bits per heavy atom. The topological polar surface area (TPSA) is 64.4 Å². The van der Waals surface area contributed by atoms with Crippen molar-refractivity contribution in [1.29, 1.82) is 0 Å². The lowest BCUT2D eigenvalue weighted by Gasteiger charge is -2.34. The lowest BCUT2D eigenvalue weighted by atomic mass is 9.85. The molecule has 1 saturated carbocycles. The number of rotatable bonds is 2. The van der Waals surface area contributed by atoms with Gasteiger partial charge < -0.3 is 11.5 Å². The van der Waals surface area contributed by atoms with Crippen molar-refractivity contribution in [3.63, 3.8) is 0 Å². The summed E-state index contributed by atoms with van der Waals surface area (Å²) < 4.78 is 53.0. The van der Waals surface area contributed by atoms with Crippen molar-refractivity contribution in [2.75, 3.05) is 5.73 Å². The summed E-state index contributed by atoms with van der Waals surface area (Å²) in [5.74, 6) is -2.86. The fraction of sp³-hybridized carbons (Fsp3) is 0.462. The summed E-state index contributed by atoms with van der Waals surface area (Å²) in [5.41, 5.74) is 9.73. The van der Waals surface area contributed by atoms with E-state index in [1.54, 1.807) is 0 Å². The SMILES string of the molecule is C[C@]1(c2cc(N)cc(F)c2F)N=C(N)S[C@@]2(C(F)F)CC21. The number of amidine groups is 1. The van der Waals surface area contributed by atoms with Gasteiger partial charge >= 0.3 is 0 Å². The maximum Gasteiger partial charge on any atom is 0.253 e. The first kappa shape index (κ1) is 14.5. The van der Waals surface area contributed by atoms with E-state index in [-0.39, 0.29) is 22.8 Å². The molecule has 8 heteroatoms. The third kappa shape index (κ3) is 1.91. The molecule has 0 bridgehead atoms. The van der Waals surface area contributed by atoms with Crippen LogP contribution in [-0.2, 0) is 5.54 Å². The van der Waals surface area contributed by atoms with E-state index in [4.69, 9.17) is 11.5 Å². The van der Waals surface area contributed by atoms with Crippen LogP contribution in [0.25, 0.3) is 0 Å². The van der Waals surface area contributed by atoms with Gasteiger partial charge in [-0.15, -0.1) is 0 Å². The molecule has 1 aliphatic carbocycles. The van der Waals surface area contributed by atoms with Crippen molar-refractivity contribution >= 4 is 22.6 Å². The number of hydrogen-bond donors (Lipinski definition) is 2. The molecule has 1 aromatic rings. The van der Waals surface area contributed by atoms with E-state index in [2.05, 4.69) is 4.99 Å². The molecule has 2 aliphatic rings. The summed E-state index contributed by atoms with van der Waals surface area (Å²) in [6.45, 7) is 1.49. The molecule has 1 unspecified atom stereocenters. The third-order valence-electron chi connectivity index (χ3n) is 4.23. The number of anilines is 1. The minimum absolute atomic E-state index is 0.0143. The van der Waals surface area contributed by atoms with Crippen LogP contribution in [0.3, 0.4) is 0 Å². The van der Waals surface area contributed by atoms with E-state index in [1.807, 2.05) is 0 Å². The van der Waals surface area contributed by atoms with E-state index >= 15 is 0 Å². The van der Waals surface area contributed by atoms with Gasteiger partial charge in [0, 0.05) is 17.2 Å². The lowest BCUT2D eigenvalue weighted by Crippen LogP contribution is -2.39. The van der Waals surface area contributed by atoms with Gasteiger partial charge in [-0.25, -0.2) is 17.6 Å². The van der Waals surface area contributed by atoms with E-state index in [9.17, 15) is 17.6 Å². The van der Waals surface area contributed by atoms with Gasteiger partial charge in [0.15, 0.2) is 16.8 Å². The number of halogens is 4. The summed E-state index contributed by atoms with van der Waals surface area (Å²) in [7, 11) is 0. The van der Waals surface area contributed by atoms with Crippen molar-refractivity contribution in [3.8, 4) is 0 Å². The Morgan fingerprint density at radius 3 is 2.62 bits per heavy atom. The summed E-state index contributed by atoms with van der Waals surface area (Å²) in [4.78, 5) is 4.14. The molecule has 4 N–H and O–H groups in total. The molecule has 1 aliphatic heterocycles. The highest BCUT2D eigenvalue weighted by atomic mass is 32.2. The van der Waals surface area contributed by atoms with Crippen LogP contribution in [0, 0.1) is 17.6 Å². The number of alkyl halides is 2. The number of nitrogens with zero attached hydrogens (tertiary/aromatic N) is 1. The highest BCUT2D eigenvalue weighted by molar-refractivity contribution is 8.15. The Balaban J connectivity index is 2.16. The van der Waals surface area contributed by atoms with Crippen LogP contribution in [0.1, 0.15) is 18.9 Å². The molecule has 21 heavy (non-hydrogen) atoms. The second-order valence-electron chi connectivity index (χ2n) is 5.58. The maximum absolute atomic E-state index is 14.1. The zero-order chi connectivity index (χ0) is 15.6. The smallest absolute Gasteiger partial charge is 0.253 e. The molecular formula is C13H13F4N3S. The molecule has 3 rings (SSSR count). The Bertz CT molecular complexity index is 651. The van der Waals surface area contributed by atoms with Crippen LogP contribution >= 0.6 is 11.8 Å². The molecule has 0 saturated heterocycles. The number of hydrogen-bond acceptors (Lipinski definition) is 4. The first-order valence-electron chi connectivity index (χ1n) is 6.28.